The molecule has 0 unspecified atom stereocenters. The highest BCUT2D eigenvalue weighted by atomic mass is 35.5. The third-order valence-corrected chi connectivity index (χ3v) is 8.02. The molecule has 5 rings (SSSR count). The van der Waals surface area contributed by atoms with Crippen LogP contribution < -0.4 is 20.7 Å². The second-order valence-corrected chi connectivity index (χ2v) is 11.5. The van der Waals surface area contributed by atoms with Crippen LogP contribution in [-0.4, -0.2) is 30.6 Å². The van der Waals surface area contributed by atoms with E-state index in [1.54, 1.807) is 60.7 Å². The van der Waals surface area contributed by atoms with Gasteiger partial charge in [-0.2, -0.15) is 0 Å². The lowest BCUT2D eigenvalue weighted by molar-refractivity contribution is -0.114. The van der Waals surface area contributed by atoms with Crippen LogP contribution in [0.3, 0.4) is 0 Å². The lowest BCUT2D eigenvalue weighted by atomic mass is 10.0. The van der Waals surface area contributed by atoms with E-state index >= 15 is 0 Å². The Morgan fingerprint density at radius 3 is 2.09 bits per heavy atom. The smallest absolute Gasteiger partial charge is 0.272 e. The van der Waals surface area contributed by atoms with Gasteiger partial charge in [0.2, 0.25) is 5.91 Å². The maximum Gasteiger partial charge on any atom is 0.272 e. The summed E-state index contributed by atoms with van der Waals surface area (Å²) in [6, 6.07) is 38.5. The number of anilines is 2. The minimum Gasteiger partial charge on any atom is -0.495 e. The number of rotatable bonds is 11. The van der Waals surface area contributed by atoms with E-state index in [-0.39, 0.29) is 17.4 Å². The van der Waals surface area contributed by atoms with Gasteiger partial charge < -0.3 is 20.7 Å². The van der Waals surface area contributed by atoms with Crippen LogP contribution in [0.25, 0.3) is 17.2 Å². The van der Waals surface area contributed by atoms with E-state index in [1.165, 1.54) is 18.9 Å². The molecule has 0 aliphatic rings. The normalized spacial score (nSPS) is 11.0. The Morgan fingerprint density at radius 1 is 0.761 bits per heavy atom. The molecule has 3 N–H and O–H groups in total. The van der Waals surface area contributed by atoms with Crippen molar-refractivity contribution in [2.45, 2.75) is 4.90 Å². The molecule has 46 heavy (non-hydrogen) atoms. The Morgan fingerprint density at radius 2 is 1.41 bits per heavy atom. The molecule has 0 bridgehead atoms. The summed E-state index contributed by atoms with van der Waals surface area (Å²) in [7, 11) is 1.52. The van der Waals surface area contributed by atoms with Crippen molar-refractivity contribution in [2.24, 2.45) is 0 Å². The molecule has 0 spiro atoms. The molecule has 0 heterocycles. The molecule has 5 aromatic rings. The van der Waals surface area contributed by atoms with Gasteiger partial charge in [0.25, 0.3) is 11.8 Å². The van der Waals surface area contributed by atoms with E-state index in [0.29, 0.717) is 27.7 Å². The predicted molar refractivity (Wildman–Crippen MR) is 186 cm³/mol. The number of benzene rings is 5. The average molecular weight is 648 g/mol. The summed E-state index contributed by atoms with van der Waals surface area (Å²) in [6.07, 6.45) is 1.64. The maximum atomic E-state index is 13.5. The van der Waals surface area contributed by atoms with Crippen LogP contribution in [0.15, 0.2) is 138 Å². The van der Waals surface area contributed by atoms with Crippen molar-refractivity contribution in [2.75, 3.05) is 23.5 Å². The maximum absolute atomic E-state index is 13.5. The SMILES string of the molecule is COc1ccc(Cl)cc1NC(=O)CSc1ccc(NC(=O)/C(=C/c2ccc(-c3ccccc3)cc2)NC(=O)c2ccccc2)cc1. The van der Waals surface area contributed by atoms with E-state index in [9.17, 15) is 14.4 Å². The van der Waals surface area contributed by atoms with Gasteiger partial charge in [-0.1, -0.05) is 84.4 Å². The minimum absolute atomic E-state index is 0.0906. The topological polar surface area (TPSA) is 96.5 Å². The number of methoxy groups -OCH3 is 1. The van der Waals surface area contributed by atoms with Crippen LogP contribution in [0.1, 0.15) is 15.9 Å². The van der Waals surface area contributed by atoms with Crippen molar-refractivity contribution in [1.29, 1.82) is 0 Å². The van der Waals surface area contributed by atoms with Crippen molar-refractivity contribution in [3.8, 4) is 16.9 Å². The van der Waals surface area contributed by atoms with Gasteiger partial charge in [-0.05, 0) is 77.4 Å². The molecule has 230 valence electrons. The second-order valence-electron chi connectivity index (χ2n) is 10.0. The highest BCUT2D eigenvalue weighted by molar-refractivity contribution is 8.00. The molecular weight excluding hydrogens is 618 g/mol. The van der Waals surface area contributed by atoms with Gasteiger partial charge in [0.15, 0.2) is 0 Å². The molecule has 3 amide bonds. The fourth-order valence-electron chi connectivity index (χ4n) is 4.46. The van der Waals surface area contributed by atoms with Gasteiger partial charge in [-0.15, -0.1) is 11.8 Å². The summed E-state index contributed by atoms with van der Waals surface area (Å²) < 4.78 is 5.28. The lowest BCUT2D eigenvalue weighted by Crippen LogP contribution is -2.30. The molecule has 0 fully saturated rings. The van der Waals surface area contributed by atoms with E-state index in [0.717, 1.165) is 21.6 Å². The molecule has 7 nitrogen and oxygen atoms in total. The number of hydrogen-bond donors (Lipinski definition) is 3. The van der Waals surface area contributed by atoms with Crippen molar-refractivity contribution < 1.29 is 19.1 Å². The van der Waals surface area contributed by atoms with E-state index < -0.39 is 11.8 Å². The van der Waals surface area contributed by atoms with Crippen LogP contribution in [0.2, 0.25) is 5.02 Å². The Kier molecular flexibility index (Phi) is 10.9. The van der Waals surface area contributed by atoms with Gasteiger partial charge in [-0.3, -0.25) is 14.4 Å². The van der Waals surface area contributed by atoms with E-state index in [2.05, 4.69) is 16.0 Å². The summed E-state index contributed by atoms with van der Waals surface area (Å²) >= 11 is 7.39. The third-order valence-electron chi connectivity index (χ3n) is 6.78. The van der Waals surface area contributed by atoms with Crippen molar-refractivity contribution in [1.82, 2.24) is 5.32 Å². The monoisotopic (exact) mass is 647 g/mol. The molecule has 9 heteroatoms. The number of thioether (sulfide) groups is 1. The molecule has 0 saturated heterocycles. The second kappa shape index (κ2) is 15.6. The van der Waals surface area contributed by atoms with Crippen molar-refractivity contribution >= 4 is 58.5 Å². The molecule has 0 atom stereocenters. The Bertz CT molecular complexity index is 1850. The van der Waals surface area contributed by atoms with Gasteiger partial charge in [0.1, 0.15) is 11.4 Å². The third kappa shape index (κ3) is 8.88. The van der Waals surface area contributed by atoms with Gasteiger partial charge in [-0.25, -0.2) is 0 Å². The number of hydrogen-bond acceptors (Lipinski definition) is 5. The molecule has 0 aliphatic carbocycles. The highest BCUT2D eigenvalue weighted by Crippen LogP contribution is 2.28. The minimum atomic E-state index is -0.480. The molecule has 0 aliphatic heterocycles. The van der Waals surface area contributed by atoms with Crippen LogP contribution in [0.5, 0.6) is 5.75 Å². The molecular formula is C37H30ClN3O4S. The molecule has 0 saturated carbocycles. The van der Waals surface area contributed by atoms with Crippen LogP contribution in [0.4, 0.5) is 11.4 Å². The van der Waals surface area contributed by atoms with Crippen LogP contribution in [0, 0.1) is 0 Å². The molecule has 0 aromatic heterocycles. The number of carbonyl (C=O) groups is 3. The molecule has 0 radical (unpaired) electrons. The fourth-order valence-corrected chi connectivity index (χ4v) is 5.33. The Hall–Kier alpha value is -5.31. The Labute approximate surface area is 276 Å². The zero-order chi connectivity index (χ0) is 32.3. The first-order chi connectivity index (χ1) is 22.4. The summed E-state index contributed by atoms with van der Waals surface area (Å²) in [5, 5.41) is 8.93. The summed E-state index contributed by atoms with van der Waals surface area (Å²) in [4.78, 5) is 39.8. The van der Waals surface area contributed by atoms with E-state index in [1.807, 2.05) is 72.8 Å². The number of ether oxygens (including phenoxy) is 1. The van der Waals surface area contributed by atoms with Crippen LogP contribution >= 0.6 is 23.4 Å². The largest absolute Gasteiger partial charge is 0.495 e. The van der Waals surface area contributed by atoms with Gasteiger partial charge >= 0.3 is 0 Å². The zero-order valence-electron chi connectivity index (χ0n) is 24.8. The van der Waals surface area contributed by atoms with Gasteiger partial charge in [0, 0.05) is 21.2 Å². The lowest BCUT2D eigenvalue weighted by Gasteiger charge is -2.12. The standard InChI is InChI=1S/C37H30ClN3O4S/c1-45-34-21-16-29(38)23-32(34)40-35(42)24-46-31-19-17-30(18-20-31)39-37(44)33(41-36(43)28-10-6-3-7-11-28)22-25-12-14-27(15-13-25)26-8-4-2-5-9-26/h2-23H,24H2,1H3,(H,39,44)(H,40,42)(H,41,43)/b33-22-. The molecule has 5 aromatic carbocycles. The summed E-state index contributed by atoms with van der Waals surface area (Å²) in [5.41, 5.74) is 4.41. The first-order valence-electron chi connectivity index (χ1n) is 14.3. The number of nitrogens with one attached hydrogen (secondary N) is 3. The average Bonchev–Trinajstić information content (AvgIpc) is 3.09. The highest BCUT2D eigenvalue weighted by Gasteiger charge is 2.16. The quantitative estimate of drug-likeness (QED) is 0.0993. The first kappa shape index (κ1) is 32.1. The zero-order valence-corrected chi connectivity index (χ0v) is 26.4. The Balaban J connectivity index is 1.26. The van der Waals surface area contributed by atoms with Crippen molar-refractivity contribution in [3.63, 3.8) is 0 Å². The predicted octanol–water partition coefficient (Wildman–Crippen LogP) is 8.16. The number of carbonyl (C=O) groups excluding carboxylic acids is 3. The van der Waals surface area contributed by atoms with Gasteiger partial charge in [0.05, 0.1) is 18.6 Å². The summed E-state index contributed by atoms with van der Waals surface area (Å²) in [6.45, 7) is 0. The first-order valence-corrected chi connectivity index (χ1v) is 15.7. The number of amides is 3. The summed E-state index contributed by atoms with van der Waals surface area (Å²) in [5.74, 6) is -0.429. The van der Waals surface area contributed by atoms with E-state index in [4.69, 9.17) is 16.3 Å². The van der Waals surface area contributed by atoms with Crippen LogP contribution in [-0.2, 0) is 9.59 Å². The number of halogens is 1. The fraction of sp³-hybridized carbons (Fsp3) is 0.0541. The van der Waals surface area contributed by atoms with Crippen molar-refractivity contribution in [3.05, 3.63) is 149 Å².